The molecule has 0 saturated carbocycles. The van der Waals surface area contributed by atoms with Crippen LogP contribution in [0.2, 0.25) is 0 Å². The molecule has 1 N–H and O–H groups in total. The minimum absolute atomic E-state index is 0.152. The molecule has 1 heterocycles. The Bertz CT molecular complexity index is 238. The van der Waals surface area contributed by atoms with Gasteiger partial charge < -0.3 is 5.32 Å². The van der Waals surface area contributed by atoms with Crippen LogP contribution in [0.15, 0.2) is 24.3 Å². The Morgan fingerprint density at radius 2 is 1.82 bits per heavy atom. The van der Waals surface area contributed by atoms with Crippen molar-refractivity contribution in [2.75, 3.05) is 13.1 Å². The van der Waals surface area contributed by atoms with Crippen LogP contribution in [-0.4, -0.2) is 13.1 Å². The molecule has 0 aromatic heterocycles. The van der Waals surface area contributed by atoms with Gasteiger partial charge in [-0.3, -0.25) is 0 Å². The fourth-order valence-electron chi connectivity index (χ4n) is 1.26. The van der Waals surface area contributed by atoms with Crippen molar-refractivity contribution in [3.05, 3.63) is 35.6 Å². The lowest BCUT2D eigenvalue weighted by atomic mass is 9.94. The van der Waals surface area contributed by atoms with Crippen LogP contribution in [0.25, 0.3) is 0 Å². The second-order valence-corrected chi connectivity index (χ2v) is 2.91. The van der Waals surface area contributed by atoms with Crippen molar-refractivity contribution in [3.63, 3.8) is 0 Å². The third-order valence-corrected chi connectivity index (χ3v) is 2.12. The number of benzene rings is 1. The van der Waals surface area contributed by atoms with Gasteiger partial charge in [0.2, 0.25) is 0 Å². The Morgan fingerprint density at radius 3 is 2.27 bits per heavy atom. The van der Waals surface area contributed by atoms with E-state index in [1.807, 2.05) is 12.1 Å². The topological polar surface area (TPSA) is 12.0 Å². The normalized spacial score (nSPS) is 17.9. The van der Waals surface area contributed by atoms with E-state index in [-0.39, 0.29) is 5.82 Å². The van der Waals surface area contributed by atoms with E-state index in [0.29, 0.717) is 5.92 Å². The fourth-order valence-corrected chi connectivity index (χ4v) is 1.26. The van der Waals surface area contributed by atoms with Crippen LogP contribution in [0.4, 0.5) is 4.39 Å². The SMILES string of the molecule is Fc1ccc(C2CNC2)cc1. The molecule has 0 amide bonds. The Kier molecular flexibility index (Phi) is 1.62. The zero-order valence-electron chi connectivity index (χ0n) is 6.18. The first-order valence-electron chi connectivity index (χ1n) is 3.82. The molecule has 1 fully saturated rings. The summed E-state index contributed by atoms with van der Waals surface area (Å²) in [6.45, 7) is 2.07. The maximum atomic E-state index is 12.5. The van der Waals surface area contributed by atoms with Crippen LogP contribution in [0.3, 0.4) is 0 Å². The minimum atomic E-state index is -0.152. The number of halogens is 1. The van der Waals surface area contributed by atoms with Crippen molar-refractivity contribution in [1.82, 2.24) is 5.32 Å². The summed E-state index contributed by atoms with van der Waals surface area (Å²) < 4.78 is 12.5. The van der Waals surface area contributed by atoms with E-state index in [1.165, 1.54) is 17.7 Å². The molecule has 1 aromatic carbocycles. The second kappa shape index (κ2) is 2.62. The van der Waals surface area contributed by atoms with Crippen molar-refractivity contribution < 1.29 is 4.39 Å². The zero-order chi connectivity index (χ0) is 7.68. The highest BCUT2D eigenvalue weighted by atomic mass is 19.1. The first-order chi connectivity index (χ1) is 5.36. The number of hydrogen-bond acceptors (Lipinski definition) is 1. The lowest BCUT2D eigenvalue weighted by molar-refractivity contribution is 0.448. The molecule has 1 nitrogen and oxygen atoms in total. The quantitative estimate of drug-likeness (QED) is 0.641. The van der Waals surface area contributed by atoms with Crippen LogP contribution >= 0.6 is 0 Å². The zero-order valence-corrected chi connectivity index (χ0v) is 6.18. The second-order valence-electron chi connectivity index (χ2n) is 2.91. The van der Waals surface area contributed by atoms with E-state index in [4.69, 9.17) is 0 Å². The van der Waals surface area contributed by atoms with E-state index in [2.05, 4.69) is 5.32 Å². The van der Waals surface area contributed by atoms with Crippen LogP contribution in [0, 0.1) is 5.82 Å². The largest absolute Gasteiger partial charge is 0.315 e. The molecule has 1 aromatic rings. The summed E-state index contributed by atoms with van der Waals surface area (Å²) in [5.74, 6) is 0.455. The fraction of sp³-hybridized carbons (Fsp3) is 0.333. The molecule has 0 bridgehead atoms. The molecular formula is C9H10FN. The molecule has 2 rings (SSSR count). The molecule has 11 heavy (non-hydrogen) atoms. The molecule has 0 aliphatic carbocycles. The number of rotatable bonds is 1. The van der Waals surface area contributed by atoms with E-state index in [0.717, 1.165) is 13.1 Å². The summed E-state index contributed by atoms with van der Waals surface area (Å²) in [5.41, 5.74) is 1.24. The van der Waals surface area contributed by atoms with E-state index in [9.17, 15) is 4.39 Å². The van der Waals surface area contributed by atoms with Crippen LogP contribution < -0.4 is 5.32 Å². The van der Waals surface area contributed by atoms with E-state index in [1.54, 1.807) is 0 Å². The van der Waals surface area contributed by atoms with Gasteiger partial charge in [0, 0.05) is 19.0 Å². The average molecular weight is 151 g/mol. The van der Waals surface area contributed by atoms with Crippen molar-refractivity contribution in [2.24, 2.45) is 0 Å². The van der Waals surface area contributed by atoms with Gasteiger partial charge in [0.25, 0.3) is 0 Å². The molecule has 0 unspecified atom stereocenters. The maximum Gasteiger partial charge on any atom is 0.123 e. The predicted octanol–water partition coefficient (Wildman–Crippen LogP) is 1.51. The summed E-state index contributed by atoms with van der Waals surface area (Å²) in [6, 6.07) is 6.77. The van der Waals surface area contributed by atoms with Gasteiger partial charge in [-0.1, -0.05) is 12.1 Å². The van der Waals surface area contributed by atoms with Gasteiger partial charge in [-0.15, -0.1) is 0 Å². The van der Waals surface area contributed by atoms with Gasteiger partial charge in [0.1, 0.15) is 5.82 Å². The van der Waals surface area contributed by atoms with Gasteiger partial charge in [-0.25, -0.2) is 4.39 Å². The first-order valence-corrected chi connectivity index (χ1v) is 3.82. The molecule has 1 aliphatic rings. The Morgan fingerprint density at radius 1 is 1.18 bits per heavy atom. The summed E-state index contributed by atoms with van der Waals surface area (Å²) in [5, 5.41) is 3.18. The van der Waals surface area contributed by atoms with Crippen molar-refractivity contribution in [3.8, 4) is 0 Å². The summed E-state index contributed by atoms with van der Waals surface area (Å²) >= 11 is 0. The monoisotopic (exact) mass is 151 g/mol. The van der Waals surface area contributed by atoms with Crippen LogP contribution in [0.1, 0.15) is 11.5 Å². The van der Waals surface area contributed by atoms with Crippen LogP contribution in [-0.2, 0) is 0 Å². The minimum Gasteiger partial charge on any atom is -0.315 e. The summed E-state index contributed by atoms with van der Waals surface area (Å²) in [6.07, 6.45) is 0. The van der Waals surface area contributed by atoms with Gasteiger partial charge in [-0.2, -0.15) is 0 Å². The molecule has 1 saturated heterocycles. The van der Waals surface area contributed by atoms with Gasteiger partial charge in [-0.05, 0) is 17.7 Å². The van der Waals surface area contributed by atoms with Crippen molar-refractivity contribution >= 4 is 0 Å². The molecular weight excluding hydrogens is 141 g/mol. The third-order valence-electron chi connectivity index (χ3n) is 2.12. The lowest BCUT2D eigenvalue weighted by Gasteiger charge is -2.27. The molecule has 0 radical (unpaired) electrons. The molecule has 0 spiro atoms. The molecule has 2 heteroatoms. The predicted molar refractivity (Wildman–Crippen MR) is 42.0 cm³/mol. The highest BCUT2D eigenvalue weighted by Crippen LogP contribution is 2.19. The first kappa shape index (κ1) is 6.80. The van der Waals surface area contributed by atoms with Gasteiger partial charge in [0.15, 0.2) is 0 Å². The molecule has 58 valence electrons. The highest BCUT2D eigenvalue weighted by Gasteiger charge is 2.17. The smallest absolute Gasteiger partial charge is 0.123 e. The Hall–Kier alpha value is -0.890. The molecule has 0 atom stereocenters. The van der Waals surface area contributed by atoms with E-state index < -0.39 is 0 Å². The van der Waals surface area contributed by atoms with Crippen molar-refractivity contribution in [2.45, 2.75) is 5.92 Å². The van der Waals surface area contributed by atoms with Crippen molar-refractivity contribution in [1.29, 1.82) is 0 Å². The summed E-state index contributed by atoms with van der Waals surface area (Å²) in [4.78, 5) is 0. The standard InChI is InChI=1S/C9H10FN/c10-9-3-1-7(2-4-9)8-5-11-6-8/h1-4,8,11H,5-6H2. The van der Waals surface area contributed by atoms with Gasteiger partial charge >= 0.3 is 0 Å². The summed E-state index contributed by atoms with van der Waals surface area (Å²) in [7, 11) is 0. The molecule has 1 aliphatic heterocycles. The van der Waals surface area contributed by atoms with Gasteiger partial charge in [0.05, 0.1) is 0 Å². The number of hydrogen-bond donors (Lipinski definition) is 1. The lowest BCUT2D eigenvalue weighted by Crippen LogP contribution is -2.39. The Labute approximate surface area is 65.2 Å². The van der Waals surface area contributed by atoms with Crippen LogP contribution in [0.5, 0.6) is 0 Å². The third kappa shape index (κ3) is 1.26. The highest BCUT2D eigenvalue weighted by molar-refractivity contribution is 5.23. The average Bonchev–Trinajstić information content (AvgIpc) is 1.90. The number of nitrogens with one attached hydrogen (secondary N) is 1. The maximum absolute atomic E-state index is 12.5. The van der Waals surface area contributed by atoms with E-state index >= 15 is 0 Å². The Balaban J connectivity index is 2.18.